The molecule has 7 nitrogen and oxygen atoms in total. The number of nitrogens with zero attached hydrogens (tertiary/aromatic N) is 2. The van der Waals surface area contributed by atoms with Gasteiger partial charge < -0.3 is 15.2 Å². The van der Waals surface area contributed by atoms with E-state index in [-0.39, 0.29) is 5.91 Å². The Hall–Kier alpha value is -2.39. The molecule has 0 aliphatic carbocycles. The number of hydrogen-bond acceptors (Lipinski definition) is 6. The zero-order valence-corrected chi connectivity index (χ0v) is 22.8. The fourth-order valence-electron chi connectivity index (χ4n) is 5.34. The van der Waals surface area contributed by atoms with Crippen molar-refractivity contribution < 1.29 is 19.4 Å². The Morgan fingerprint density at radius 2 is 1.92 bits per heavy atom. The first kappa shape index (κ1) is 27.6. The summed E-state index contributed by atoms with van der Waals surface area (Å²) in [5.41, 5.74) is 4.61. The van der Waals surface area contributed by atoms with Gasteiger partial charge in [0.15, 0.2) is 0 Å². The average molecular weight is 526 g/mol. The van der Waals surface area contributed by atoms with Gasteiger partial charge in [0, 0.05) is 37.8 Å². The van der Waals surface area contributed by atoms with Crippen molar-refractivity contribution >= 4 is 23.6 Å². The number of amides is 1. The standard InChI is InChI=1S/C29H39N3O4S/c1-21-6-3-4-8-24(21)26-18-22(9-10-25(26)28(33)30-27(29(34)35)11-17-37-2)19-32-12-5-7-23(32)20-31-13-15-36-16-14-31/h3-4,6,8-10,18,23,27H,5,7,11-17,19-20H2,1-2H3,(H,30,33)(H,34,35)/t23-,27-/m0/s1. The van der Waals surface area contributed by atoms with Crippen molar-refractivity contribution in [2.75, 3.05) is 51.4 Å². The number of hydrogen-bond donors (Lipinski definition) is 2. The molecule has 2 N–H and O–H groups in total. The lowest BCUT2D eigenvalue weighted by atomic mass is 9.93. The van der Waals surface area contributed by atoms with Crippen LogP contribution in [0.3, 0.4) is 0 Å². The fourth-order valence-corrected chi connectivity index (χ4v) is 5.81. The summed E-state index contributed by atoms with van der Waals surface area (Å²) < 4.78 is 5.52. The van der Waals surface area contributed by atoms with E-state index in [9.17, 15) is 14.7 Å². The van der Waals surface area contributed by atoms with Gasteiger partial charge in [0.05, 0.1) is 13.2 Å². The summed E-state index contributed by atoms with van der Waals surface area (Å²) in [7, 11) is 0. The lowest BCUT2D eigenvalue weighted by Crippen LogP contribution is -2.44. The number of carboxylic acid groups (broad SMARTS) is 1. The van der Waals surface area contributed by atoms with Crippen LogP contribution < -0.4 is 5.32 Å². The van der Waals surface area contributed by atoms with Gasteiger partial charge in [0.1, 0.15) is 6.04 Å². The predicted octanol–water partition coefficient (Wildman–Crippen LogP) is 3.89. The number of thioether (sulfide) groups is 1. The molecule has 0 radical (unpaired) electrons. The minimum absolute atomic E-state index is 0.343. The first-order chi connectivity index (χ1) is 18.0. The Balaban J connectivity index is 1.57. The second-order valence-electron chi connectivity index (χ2n) is 10.0. The molecular weight excluding hydrogens is 486 g/mol. The average Bonchev–Trinajstić information content (AvgIpc) is 3.33. The van der Waals surface area contributed by atoms with Crippen LogP contribution in [0.4, 0.5) is 0 Å². The van der Waals surface area contributed by atoms with Gasteiger partial charge in [-0.25, -0.2) is 4.79 Å². The highest BCUT2D eigenvalue weighted by Crippen LogP contribution is 2.30. The number of aryl methyl sites for hydroxylation is 1. The summed E-state index contributed by atoms with van der Waals surface area (Å²) in [6.07, 6.45) is 4.73. The molecule has 8 heteroatoms. The second-order valence-corrected chi connectivity index (χ2v) is 11.0. The molecule has 2 fully saturated rings. The second kappa shape index (κ2) is 13.4. The fraction of sp³-hybridized carbons (Fsp3) is 0.517. The smallest absolute Gasteiger partial charge is 0.326 e. The van der Waals surface area contributed by atoms with E-state index >= 15 is 0 Å². The normalized spacial score (nSPS) is 19.6. The van der Waals surface area contributed by atoms with Crippen LogP contribution in [0.2, 0.25) is 0 Å². The maximum absolute atomic E-state index is 13.4. The summed E-state index contributed by atoms with van der Waals surface area (Å²) in [6, 6.07) is 13.7. The van der Waals surface area contributed by atoms with Gasteiger partial charge in [-0.05, 0) is 79.1 Å². The molecule has 2 aromatic carbocycles. The first-order valence-electron chi connectivity index (χ1n) is 13.2. The van der Waals surface area contributed by atoms with Crippen LogP contribution in [0.5, 0.6) is 0 Å². The van der Waals surface area contributed by atoms with E-state index in [0.717, 1.165) is 62.6 Å². The molecule has 4 rings (SSSR count). The number of likely N-dealkylation sites (tertiary alicyclic amines) is 1. The highest BCUT2D eigenvalue weighted by atomic mass is 32.2. The minimum atomic E-state index is -1.00. The number of ether oxygens (including phenoxy) is 1. The molecule has 0 spiro atoms. The molecular formula is C29H39N3O4S. The Bertz CT molecular complexity index is 1070. The van der Waals surface area contributed by atoms with Gasteiger partial charge >= 0.3 is 5.97 Å². The van der Waals surface area contributed by atoms with Crippen LogP contribution in [0.15, 0.2) is 42.5 Å². The monoisotopic (exact) mass is 525 g/mol. The number of morpholine rings is 1. The number of rotatable bonds is 11. The molecule has 1 amide bonds. The van der Waals surface area contributed by atoms with Crippen molar-refractivity contribution in [1.82, 2.24) is 15.1 Å². The number of nitrogens with one attached hydrogen (secondary N) is 1. The molecule has 0 bridgehead atoms. The lowest BCUT2D eigenvalue weighted by molar-refractivity contribution is -0.139. The molecule has 2 atom stereocenters. The maximum Gasteiger partial charge on any atom is 0.326 e. The summed E-state index contributed by atoms with van der Waals surface area (Å²) in [5, 5.41) is 12.4. The van der Waals surface area contributed by atoms with E-state index in [1.54, 1.807) is 11.8 Å². The lowest BCUT2D eigenvalue weighted by Gasteiger charge is -2.33. The van der Waals surface area contributed by atoms with Crippen molar-refractivity contribution in [2.45, 2.75) is 44.8 Å². The molecule has 2 saturated heterocycles. The van der Waals surface area contributed by atoms with Crippen LogP contribution in [0.1, 0.15) is 40.7 Å². The van der Waals surface area contributed by atoms with E-state index in [1.807, 2.05) is 49.6 Å². The predicted molar refractivity (Wildman–Crippen MR) is 149 cm³/mol. The molecule has 0 saturated carbocycles. The Labute approximate surface area is 224 Å². The van der Waals surface area contributed by atoms with E-state index < -0.39 is 12.0 Å². The van der Waals surface area contributed by atoms with Gasteiger partial charge in [0.2, 0.25) is 0 Å². The summed E-state index contributed by atoms with van der Waals surface area (Å²) in [6.45, 7) is 8.65. The SMILES string of the molecule is CSCC[C@H](NC(=O)c1ccc(CN2CCC[C@H]2CN2CCOCC2)cc1-c1ccccc1C)C(=O)O. The molecule has 0 aromatic heterocycles. The maximum atomic E-state index is 13.4. The molecule has 2 aromatic rings. The number of carboxylic acids is 1. The van der Waals surface area contributed by atoms with Crippen LogP contribution in [0.25, 0.3) is 11.1 Å². The number of carbonyl (C=O) groups is 2. The molecule has 0 unspecified atom stereocenters. The van der Waals surface area contributed by atoms with Crippen LogP contribution in [-0.4, -0.2) is 90.3 Å². The van der Waals surface area contributed by atoms with Gasteiger partial charge in [-0.2, -0.15) is 11.8 Å². The van der Waals surface area contributed by atoms with Crippen LogP contribution in [-0.2, 0) is 16.1 Å². The van der Waals surface area contributed by atoms with Crippen molar-refractivity contribution in [3.63, 3.8) is 0 Å². The topological polar surface area (TPSA) is 82.1 Å². The van der Waals surface area contributed by atoms with Gasteiger partial charge in [0.25, 0.3) is 5.91 Å². The van der Waals surface area contributed by atoms with Crippen molar-refractivity contribution in [2.24, 2.45) is 0 Å². The molecule has 2 heterocycles. The quantitative estimate of drug-likeness (QED) is 0.461. The van der Waals surface area contributed by atoms with Crippen LogP contribution >= 0.6 is 11.8 Å². The zero-order valence-electron chi connectivity index (χ0n) is 21.9. The van der Waals surface area contributed by atoms with Gasteiger partial charge in [-0.15, -0.1) is 0 Å². The molecule has 2 aliphatic heterocycles. The number of aliphatic carboxylic acids is 1. The van der Waals surface area contributed by atoms with Crippen LogP contribution in [0, 0.1) is 6.92 Å². The minimum Gasteiger partial charge on any atom is -0.480 e. The largest absolute Gasteiger partial charge is 0.480 e. The Morgan fingerprint density at radius 1 is 1.14 bits per heavy atom. The van der Waals surface area contributed by atoms with E-state index in [1.165, 1.54) is 18.4 Å². The molecule has 37 heavy (non-hydrogen) atoms. The number of benzene rings is 2. The van der Waals surface area contributed by atoms with Crippen molar-refractivity contribution in [1.29, 1.82) is 0 Å². The Morgan fingerprint density at radius 3 is 2.65 bits per heavy atom. The third-order valence-electron chi connectivity index (χ3n) is 7.44. The van der Waals surface area contributed by atoms with Gasteiger partial charge in [-0.3, -0.25) is 14.6 Å². The summed E-state index contributed by atoms with van der Waals surface area (Å²) >= 11 is 1.57. The molecule has 200 valence electrons. The van der Waals surface area contributed by atoms with Crippen molar-refractivity contribution in [3.8, 4) is 11.1 Å². The van der Waals surface area contributed by atoms with Gasteiger partial charge in [-0.1, -0.05) is 30.3 Å². The third kappa shape index (κ3) is 7.35. The summed E-state index contributed by atoms with van der Waals surface area (Å²) in [5.74, 6) is -0.677. The summed E-state index contributed by atoms with van der Waals surface area (Å²) in [4.78, 5) is 30.2. The van der Waals surface area contributed by atoms with E-state index in [4.69, 9.17) is 4.74 Å². The Kier molecular flexibility index (Phi) is 10.0. The first-order valence-corrected chi connectivity index (χ1v) is 14.6. The third-order valence-corrected chi connectivity index (χ3v) is 8.08. The zero-order chi connectivity index (χ0) is 26.2. The van der Waals surface area contributed by atoms with Crippen molar-refractivity contribution in [3.05, 3.63) is 59.2 Å². The molecule has 2 aliphatic rings. The number of carbonyl (C=O) groups excluding carboxylic acids is 1. The van der Waals surface area contributed by atoms with E-state index in [2.05, 4.69) is 21.2 Å². The van der Waals surface area contributed by atoms with E-state index in [0.29, 0.717) is 23.8 Å². The highest BCUT2D eigenvalue weighted by Gasteiger charge is 2.28. The highest BCUT2D eigenvalue weighted by molar-refractivity contribution is 7.98.